The van der Waals surface area contributed by atoms with Crippen molar-refractivity contribution >= 4 is 15.9 Å². The summed E-state index contributed by atoms with van der Waals surface area (Å²) in [6.07, 6.45) is 1.57. The van der Waals surface area contributed by atoms with E-state index in [1.54, 1.807) is 12.3 Å². The van der Waals surface area contributed by atoms with Gasteiger partial charge in [-0.05, 0) is 35.0 Å². The van der Waals surface area contributed by atoms with Crippen LogP contribution in [0.5, 0.6) is 0 Å². The molecule has 1 N–H and O–H groups in total. The van der Waals surface area contributed by atoms with Crippen LogP contribution in [0.15, 0.2) is 39.4 Å². The Hall–Kier alpha value is -1.20. The molecule has 0 radical (unpaired) electrons. The van der Waals surface area contributed by atoms with Gasteiger partial charge in [-0.3, -0.25) is 0 Å². The normalized spacial score (nSPS) is 12.7. The third-order valence-corrected chi connectivity index (χ3v) is 3.40. The van der Waals surface area contributed by atoms with Crippen molar-refractivity contribution in [1.82, 2.24) is 5.32 Å². The molecule has 1 aromatic heterocycles. The molecule has 0 bridgehead atoms. The lowest BCUT2D eigenvalue weighted by atomic mass is 10.1. The summed E-state index contributed by atoms with van der Waals surface area (Å²) in [6.45, 7) is 2.28. The van der Waals surface area contributed by atoms with Gasteiger partial charge in [-0.2, -0.15) is 0 Å². The van der Waals surface area contributed by atoms with Gasteiger partial charge in [0.1, 0.15) is 17.4 Å². The molecule has 0 aliphatic heterocycles. The van der Waals surface area contributed by atoms with Gasteiger partial charge >= 0.3 is 0 Å². The third kappa shape index (κ3) is 2.97. The molecule has 1 aromatic carbocycles. The van der Waals surface area contributed by atoms with E-state index < -0.39 is 11.6 Å². The lowest BCUT2D eigenvalue weighted by Gasteiger charge is -2.14. The van der Waals surface area contributed by atoms with E-state index in [1.807, 2.05) is 6.92 Å². The molecule has 0 spiro atoms. The molecule has 1 atom stereocenters. The molecule has 96 valence electrons. The van der Waals surface area contributed by atoms with Gasteiger partial charge in [0.2, 0.25) is 0 Å². The van der Waals surface area contributed by atoms with Gasteiger partial charge in [0.05, 0.1) is 17.3 Å². The van der Waals surface area contributed by atoms with Crippen molar-refractivity contribution in [2.75, 3.05) is 0 Å². The van der Waals surface area contributed by atoms with Crippen LogP contribution in [-0.2, 0) is 6.54 Å². The smallest absolute Gasteiger partial charge is 0.131 e. The third-order valence-electron chi connectivity index (χ3n) is 2.69. The number of hydrogen-bond acceptors (Lipinski definition) is 2. The van der Waals surface area contributed by atoms with E-state index in [0.717, 1.165) is 16.3 Å². The standard InChI is InChI=1S/C13H12BrF2NO/c1-8(10-3-2-9(15)6-12(10)16)17-7-13-11(14)4-5-18-13/h2-6,8,17H,7H2,1H3. The fraction of sp³-hybridized carbons (Fsp3) is 0.231. The average molecular weight is 316 g/mol. The van der Waals surface area contributed by atoms with Crippen LogP contribution in [-0.4, -0.2) is 0 Å². The van der Waals surface area contributed by atoms with Crippen LogP contribution < -0.4 is 5.32 Å². The van der Waals surface area contributed by atoms with Crippen molar-refractivity contribution in [2.24, 2.45) is 0 Å². The van der Waals surface area contributed by atoms with Gasteiger partial charge in [0.25, 0.3) is 0 Å². The van der Waals surface area contributed by atoms with Crippen molar-refractivity contribution < 1.29 is 13.2 Å². The monoisotopic (exact) mass is 315 g/mol. The van der Waals surface area contributed by atoms with Gasteiger partial charge in [-0.15, -0.1) is 0 Å². The minimum absolute atomic E-state index is 0.234. The number of hydrogen-bond donors (Lipinski definition) is 1. The summed E-state index contributed by atoms with van der Waals surface area (Å²) in [6, 6.07) is 5.14. The molecule has 0 aliphatic rings. The Balaban J connectivity index is 2.03. The van der Waals surface area contributed by atoms with Crippen LogP contribution >= 0.6 is 15.9 Å². The minimum atomic E-state index is -0.572. The lowest BCUT2D eigenvalue weighted by Crippen LogP contribution is -2.19. The first kappa shape index (κ1) is 13.2. The first-order valence-electron chi connectivity index (χ1n) is 5.48. The zero-order valence-electron chi connectivity index (χ0n) is 9.71. The minimum Gasteiger partial charge on any atom is -0.467 e. The summed E-state index contributed by atoms with van der Waals surface area (Å²) in [5.41, 5.74) is 0.430. The molecule has 0 aliphatic carbocycles. The van der Waals surface area contributed by atoms with E-state index in [1.165, 1.54) is 12.1 Å². The maximum atomic E-state index is 13.5. The van der Waals surface area contributed by atoms with Crippen LogP contribution in [0.4, 0.5) is 8.78 Å². The van der Waals surface area contributed by atoms with Crippen molar-refractivity contribution in [3.8, 4) is 0 Å². The van der Waals surface area contributed by atoms with Gasteiger partial charge in [-0.1, -0.05) is 6.07 Å². The molecular formula is C13H12BrF2NO. The quantitative estimate of drug-likeness (QED) is 0.916. The van der Waals surface area contributed by atoms with Crippen LogP contribution in [0, 0.1) is 11.6 Å². The highest BCUT2D eigenvalue weighted by Crippen LogP contribution is 2.21. The van der Waals surface area contributed by atoms with Gasteiger partial charge < -0.3 is 9.73 Å². The summed E-state index contributed by atoms with van der Waals surface area (Å²) in [4.78, 5) is 0. The molecule has 0 saturated carbocycles. The summed E-state index contributed by atoms with van der Waals surface area (Å²) >= 11 is 3.34. The van der Waals surface area contributed by atoms with Crippen LogP contribution in [0.25, 0.3) is 0 Å². The molecular weight excluding hydrogens is 304 g/mol. The summed E-state index contributed by atoms with van der Waals surface area (Å²) in [5.74, 6) is -0.380. The fourth-order valence-electron chi connectivity index (χ4n) is 1.66. The van der Waals surface area contributed by atoms with E-state index in [0.29, 0.717) is 12.1 Å². The molecule has 1 heterocycles. The molecule has 1 unspecified atom stereocenters. The summed E-state index contributed by atoms with van der Waals surface area (Å²) in [7, 11) is 0. The van der Waals surface area contributed by atoms with Crippen molar-refractivity contribution in [1.29, 1.82) is 0 Å². The predicted molar refractivity (Wildman–Crippen MR) is 68.0 cm³/mol. The van der Waals surface area contributed by atoms with Crippen molar-refractivity contribution in [3.05, 3.63) is 58.0 Å². The highest BCUT2D eigenvalue weighted by molar-refractivity contribution is 9.10. The second kappa shape index (κ2) is 5.63. The fourth-order valence-corrected chi connectivity index (χ4v) is 2.00. The van der Waals surface area contributed by atoms with Gasteiger partial charge in [0, 0.05) is 17.7 Å². The Morgan fingerprint density at radius 2 is 2.11 bits per heavy atom. The van der Waals surface area contributed by atoms with Gasteiger partial charge in [0.15, 0.2) is 0 Å². The molecule has 5 heteroatoms. The number of furan rings is 1. The largest absolute Gasteiger partial charge is 0.467 e. The molecule has 0 amide bonds. The maximum Gasteiger partial charge on any atom is 0.131 e. The summed E-state index contributed by atoms with van der Waals surface area (Å²) in [5, 5.41) is 3.12. The Bertz CT molecular complexity index is 542. The topological polar surface area (TPSA) is 25.2 Å². The van der Waals surface area contributed by atoms with Crippen LogP contribution in [0.2, 0.25) is 0 Å². The highest BCUT2D eigenvalue weighted by Gasteiger charge is 2.12. The Morgan fingerprint density at radius 3 is 2.72 bits per heavy atom. The van der Waals surface area contributed by atoms with E-state index in [2.05, 4.69) is 21.2 Å². The average Bonchev–Trinajstić information content (AvgIpc) is 2.72. The van der Waals surface area contributed by atoms with Crippen LogP contribution in [0.1, 0.15) is 24.3 Å². The number of nitrogens with one attached hydrogen (secondary N) is 1. The number of halogens is 3. The van der Waals surface area contributed by atoms with E-state index >= 15 is 0 Å². The van der Waals surface area contributed by atoms with E-state index in [9.17, 15) is 8.78 Å². The zero-order valence-corrected chi connectivity index (χ0v) is 11.3. The first-order chi connectivity index (χ1) is 8.58. The predicted octanol–water partition coefficient (Wildman–Crippen LogP) is 4.17. The zero-order chi connectivity index (χ0) is 13.1. The van der Waals surface area contributed by atoms with Crippen molar-refractivity contribution in [2.45, 2.75) is 19.5 Å². The summed E-state index contributed by atoms with van der Waals surface area (Å²) < 4.78 is 32.4. The highest BCUT2D eigenvalue weighted by atomic mass is 79.9. The first-order valence-corrected chi connectivity index (χ1v) is 6.27. The molecule has 2 aromatic rings. The maximum absolute atomic E-state index is 13.5. The second-order valence-electron chi connectivity index (χ2n) is 3.96. The molecule has 2 rings (SSSR count). The molecule has 0 saturated heterocycles. The lowest BCUT2D eigenvalue weighted by molar-refractivity contribution is 0.450. The van der Waals surface area contributed by atoms with E-state index in [-0.39, 0.29) is 6.04 Å². The van der Waals surface area contributed by atoms with Crippen LogP contribution in [0.3, 0.4) is 0 Å². The Kier molecular flexibility index (Phi) is 4.14. The Labute approximate surface area is 112 Å². The van der Waals surface area contributed by atoms with E-state index in [4.69, 9.17) is 4.42 Å². The SMILES string of the molecule is CC(NCc1occc1Br)c1ccc(F)cc1F. The number of rotatable bonds is 4. The van der Waals surface area contributed by atoms with Gasteiger partial charge in [-0.25, -0.2) is 8.78 Å². The Morgan fingerprint density at radius 1 is 1.33 bits per heavy atom. The molecule has 2 nitrogen and oxygen atoms in total. The molecule has 0 fully saturated rings. The van der Waals surface area contributed by atoms with Crippen molar-refractivity contribution in [3.63, 3.8) is 0 Å². The second-order valence-corrected chi connectivity index (χ2v) is 4.81. The molecule has 18 heavy (non-hydrogen) atoms. The number of benzene rings is 1.